The molecule has 2 aromatic heterocycles. The number of methoxy groups -OCH3 is 1. The van der Waals surface area contributed by atoms with Crippen LogP contribution in [0.5, 0.6) is 0 Å². The molecule has 0 aliphatic heterocycles. The van der Waals surface area contributed by atoms with Crippen LogP contribution in [0.15, 0.2) is 34.9 Å². The second kappa shape index (κ2) is 9.01. The molecule has 1 aliphatic carbocycles. The van der Waals surface area contributed by atoms with Crippen LogP contribution in [0.2, 0.25) is 0 Å². The van der Waals surface area contributed by atoms with E-state index in [4.69, 9.17) is 9.15 Å². The highest BCUT2D eigenvalue weighted by Crippen LogP contribution is 2.27. The van der Waals surface area contributed by atoms with Crippen molar-refractivity contribution in [1.29, 1.82) is 0 Å². The van der Waals surface area contributed by atoms with Gasteiger partial charge >= 0.3 is 0 Å². The molecule has 7 heteroatoms. The number of pyridine rings is 1. The smallest absolute Gasteiger partial charge is 0.255 e. The number of carbonyl (C=O) groups excluding carboxylic acids is 2. The van der Waals surface area contributed by atoms with E-state index in [2.05, 4.69) is 15.6 Å². The molecule has 2 heterocycles. The second-order valence-corrected chi connectivity index (χ2v) is 7.23. The van der Waals surface area contributed by atoms with Crippen LogP contribution < -0.4 is 10.6 Å². The van der Waals surface area contributed by atoms with Gasteiger partial charge in [0.15, 0.2) is 0 Å². The van der Waals surface area contributed by atoms with E-state index in [0.29, 0.717) is 36.5 Å². The number of furan rings is 1. The van der Waals surface area contributed by atoms with Crippen molar-refractivity contribution in [3.63, 3.8) is 0 Å². The Morgan fingerprint density at radius 2 is 2.11 bits per heavy atom. The third-order valence-corrected chi connectivity index (χ3v) is 5.23. The van der Waals surface area contributed by atoms with Crippen molar-refractivity contribution in [2.75, 3.05) is 7.11 Å². The number of hydrogen-bond acceptors (Lipinski definition) is 5. The molecule has 7 nitrogen and oxygen atoms in total. The largest absolute Gasteiger partial charge is 0.466 e. The van der Waals surface area contributed by atoms with Gasteiger partial charge in [-0.3, -0.25) is 14.6 Å². The van der Waals surface area contributed by atoms with Crippen molar-refractivity contribution in [3.05, 3.63) is 53.2 Å². The Labute approximate surface area is 164 Å². The number of rotatable bonds is 6. The van der Waals surface area contributed by atoms with Crippen molar-refractivity contribution in [3.8, 4) is 0 Å². The zero-order valence-corrected chi connectivity index (χ0v) is 16.5. The van der Waals surface area contributed by atoms with Crippen LogP contribution in [0, 0.1) is 19.8 Å². The quantitative estimate of drug-likeness (QED) is 0.797. The minimum atomic E-state index is -0.230. The monoisotopic (exact) mass is 385 g/mol. The van der Waals surface area contributed by atoms with Gasteiger partial charge in [0, 0.05) is 19.2 Å². The maximum atomic E-state index is 12.7. The van der Waals surface area contributed by atoms with Crippen LogP contribution in [-0.2, 0) is 16.1 Å². The van der Waals surface area contributed by atoms with Gasteiger partial charge in [0.25, 0.3) is 5.91 Å². The molecule has 28 heavy (non-hydrogen) atoms. The number of hydrogen-bond donors (Lipinski definition) is 2. The number of carbonyl (C=O) groups is 2. The normalized spacial score (nSPS) is 21.9. The summed E-state index contributed by atoms with van der Waals surface area (Å²) in [6.07, 6.45) is 3.57. The lowest BCUT2D eigenvalue weighted by atomic mass is 9.83. The average molecular weight is 385 g/mol. The fourth-order valence-corrected chi connectivity index (χ4v) is 3.74. The first kappa shape index (κ1) is 20.1. The standard InChI is InChI=1S/C21H27N3O4/c1-13-10-17(14(2)28-13)21(26)24-18-11-15(7-8-19(18)27-3)20(25)23-12-16-6-4-5-9-22-16/h4-6,9-10,15,18-19H,7-8,11-12H2,1-3H3,(H,23,25)(H,24,26)/t15-,18+,19+/m0/s1. The lowest BCUT2D eigenvalue weighted by molar-refractivity contribution is -0.127. The number of nitrogens with one attached hydrogen (secondary N) is 2. The van der Waals surface area contributed by atoms with Gasteiger partial charge in [-0.15, -0.1) is 0 Å². The molecule has 3 rings (SSSR count). The lowest BCUT2D eigenvalue weighted by Crippen LogP contribution is -2.50. The number of ether oxygens (including phenoxy) is 1. The first-order valence-corrected chi connectivity index (χ1v) is 9.56. The third kappa shape index (κ3) is 4.78. The highest BCUT2D eigenvalue weighted by atomic mass is 16.5. The molecule has 0 spiro atoms. The Hall–Kier alpha value is -2.67. The summed E-state index contributed by atoms with van der Waals surface area (Å²) in [5.41, 5.74) is 1.34. The minimum Gasteiger partial charge on any atom is -0.466 e. The van der Waals surface area contributed by atoms with Crippen molar-refractivity contribution in [1.82, 2.24) is 15.6 Å². The number of amides is 2. The number of aryl methyl sites for hydroxylation is 2. The van der Waals surface area contributed by atoms with Gasteiger partial charge in [-0.05, 0) is 51.3 Å². The first-order chi connectivity index (χ1) is 13.5. The fraction of sp³-hybridized carbons (Fsp3) is 0.476. The Kier molecular flexibility index (Phi) is 6.46. The topological polar surface area (TPSA) is 93.5 Å². The van der Waals surface area contributed by atoms with Gasteiger partial charge < -0.3 is 19.8 Å². The molecule has 0 unspecified atom stereocenters. The van der Waals surface area contributed by atoms with Crippen LogP contribution >= 0.6 is 0 Å². The Balaban J connectivity index is 1.61. The molecule has 0 aromatic carbocycles. The average Bonchev–Trinajstić information content (AvgIpc) is 3.05. The molecule has 0 radical (unpaired) electrons. The van der Waals surface area contributed by atoms with Gasteiger partial charge in [0.1, 0.15) is 11.5 Å². The van der Waals surface area contributed by atoms with Gasteiger partial charge in [0.2, 0.25) is 5.91 Å². The highest BCUT2D eigenvalue weighted by Gasteiger charge is 2.35. The summed E-state index contributed by atoms with van der Waals surface area (Å²) in [5.74, 6) is 0.893. The zero-order valence-electron chi connectivity index (χ0n) is 16.5. The van der Waals surface area contributed by atoms with E-state index in [0.717, 1.165) is 12.1 Å². The zero-order chi connectivity index (χ0) is 20.1. The highest BCUT2D eigenvalue weighted by molar-refractivity contribution is 5.95. The van der Waals surface area contributed by atoms with Crippen molar-refractivity contribution < 1.29 is 18.7 Å². The van der Waals surface area contributed by atoms with E-state index in [1.54, 1.807) is 26.3 Å². The maximum absolute atomic E-state index is 12.7. The molecule has 1 saturated carbocycles. The summed E-state index contributed by atoms with van der Waals surface area (Å²) in [7, 11) is 1.64. The first-order valence-electron chi connectivity index (χ1n) is 9.56. The summed E-state index contributed by atoms with van der Waals surface area (Å²) >= 11 is 0. The van der Waals surface area contributed by atoms with Crippen molar-refractivity contribution in [2.45, 2.75) is 51.8 Å². The molecular weight excluding hydrogens is 358 g/mol. The van der Waals surface area contributed by atoms with Crippen LogP contribution in [-0.4, -0.2) is 36.1 Å². The molecule has 3 atom stereocenters. The van der Waals surface area contributed by atoms with Crippen LogP contribution in [0.1, 0.15) is 46.8 Å². The van der Waals surface area contributed by atoms with Crippen molar-refractivity contribution >= 4 is 11.8 Å². The predicted molar refractivity (Wildman–Crippen MR) is 104 cm³/mol. The molecule has 2 N–H and O–H groups in total. The fourth-order valence-electron chi connectivity index (χ4n) is 3.74. The molecule has 150 valence electrons. The molecule has 1 aliphatic rings. The van der Waals surface area contributed by atoms with E-state index in [1.807, 2.05) is 25.1 Å². The molecular formula is C21H27N3O4. The Morgan fingerprint density at radius 3 is 2.75 bits per heavy atom. The summed E-state index contributed by atoms with van der Waals surface area (Å²) in [5, 5.41) is 5.98. The molecule has 2 amide bonds. The second-order valence-electron chi connectivity index (χ2n) is 7.23. The van der Waals surface area contributed by atoms with E-state index in [1.165, 1.54) is 0 Å². The molecule has 0 saturated heterocycles. The van der Waals surface area contributed by atoms with E-state index >= 15 is 0 Å². The van der Waals surface area contributed by atoms with Crippen LogP contribution in [0.3, 0.4) is 0 Å². The lowest BCUT2D eigenvalue weighted by Gasteiger charge is -2.35. The third-order valence-electron chi connectivity index (χ3n) is 5.23. The Bertz CT molecular complexity index is 818. The van der Waals surface area contributed by atoms with Crippen LogP contribution in [0.25, 0.3) is 0 Å². The molecule has 2 aromatic rings. The van der Waals surface area contributed by atoms with E-state index in [9.17, 15) is 9.59 Å². The number of nitrogens with zero attached hydrogens (tertiary/aromatic N) is 1. The minimum absolute atomic E-state index is 0.0187. The summed E-state index contributed by atoms with van der Waals surface area (Å²) in [6.45, 7) is 3.98. The van der Waals surface area contributed by atoms with Gasteiger partial charge in [0.05, 0.1) is 29.9 Å². The predicted octanol–water partition coefficient (Wildman–Crippen LogP) is 2.52. The van der Waals surface area contributed by atoms with Gasteiger partial charge in [-0.2, -0.15) is 0 Å². The Morgan fingerprint density at radius 1 is 1.29 bits per heavy atom. The van der Waals surface area contributed by atoms with E-state index in [-0.39, 0.29) is 29.9 Å². The van der Waals surface area contributed by atoms with Gasteiger partial charge in [-0.1, -0.05) is 6.07 Å². The summed E-state index contributed by atoms with van der Waals surface area (Å²) in [6, 6.07) is 7.11. The molecule has 1 fully saturated rings. The van der Waals surface area contributed by atoms with Gasteiger partial charge in [-0.25, -0.2) is 0 Å². The summed E-state index contributed by atoms with van der Waals surface area (Å²) in [4.78, 5) is 29.5. The van der Waals surface area contributed by atoms with Crippen molar-refractivity contribution in [2.24, 2.45) is 5.92 Å². The molecule has 0 bridgehead atoms. The number of aromatic nitrogens is 1. The SMILES string of the molecule is CO[C@@H]1CC[C@H](C(=O)NCc2ccccn2)C[C@H]1NC(=O)c1cc(C)oc1C. The maximum Gasteiger partial charge on any atom is 0.255 e. The van der Waals surface area contributed by atoms with Crippen LogP contribution in [0.4, 0.5) is 0 Å². The van der Waals surface area contributed by atoms with E-state index < -0.39 is 0 Å². The summed E-state index contributed by atoms with van der Waals surface area (Å²) < 4.78 is 11.0.